The van der Waals surface area contributed by atoms with Crippen LogP contribution in [-0.2, 0) is 9.47 Å². The van der Waals surface area contributed by atoms with Crippen LogP contribution in [0.3, 0.4) is 0 Å². The van der Waals surface area contributed by atoms with Gasteiger partial charge in [0.25, 0.3) is 0 Å². The van der Waals surface area contributed by atoms with Crippen LogP contribution >= 0.6 is 22.6 Å². The SMILES string of the molecule is IC#CCOC1CCCCO1. The van der Waals surface area contributed by atoms with E-state index in [2.05, 4.69) is 9.85 Å². The van der Waals surface area contributed by atoms with Crippen molar-refractivity contribution in [3.8, 4) is 9.85 Å². The molecule has 2 nitrogen and oxygen atoms in total. The lowest BCUT2D eigenvalue weighted by atomic mass is 10.2. The molecule has 0 aromatic heterocycles. The maximum Gasteiger partial charge on any atom is 0.158 e. The highest BCUT2D eigenvalue weighted by molar-refractivity contribution is 14.1. The maximum absolute atomic E-state index is 5.33. The number of hydrogen-bond donors (Lipinski definition) is 0. The van der Waals surface area contributed by atoms with E-state index in [9.17, 15) is 0 Å². The molecule has 0 aromatic carbocycles. The third-order valence-electron chi connectivity index (χ3n) is 1.55. The van der Waals surface area contributed by atoms with Gasteiger partial charge in [-0.1, -0.05) is 5.92 Å². The van der Waals surface area contributed by atoms with Crippen molar-refractivity contribution >= 4 is 22.6 Å². The van der Waals surface area contributed by atoms with Crippen LogP contribution in [0.4, 0.5) is 0 Å². The zero-order valence-corrected chi connectivity index (χ0v) is 8.46. The van der Waals surface area contributed by atoms with Gasteiger partial charge in [0.1, 0.15) is 6.61 Å². The van der Waals surface area contributed by atoms with Crippen molar-refractivity contribution in [1.29, 1.82) is 0 Å². The fourth-order valence-corrected chi connectivity index (χ4v) is 1.16. The summed E-state index contributed by atoms with van der Waals surface area (Å²) in [5.41, 5.74) is 0. The van der Waals surface area contributed by atoms with Crippen molar-refractivity contribution in [3.05, 3.63) is 0 Å². The zero-order chi connectivity index (χ0) is 7.94. The van der Waals surface area contributed by atoms with E-state index in [4.69, 9.17) is 9.47 Å². The number of ether oxygens (including phenoxy) is 2. The molecule has 0 aromatic rings. The second-order valence-corrected chi connectivity index (χ2v) is 2.92. The Labute approximate surface area is 80.8 Å². The van der Waals surface area contributed by atoms with E-state index in [-0.39, 0.29) is 6.29 Å². The molecule has 1 aliphatic rings. The highest BCUT2D eigenvalue weighted by Crippen LogP contribution is 2.12. The average molecular weight is 266 g/mol. The van der Waals surface area contributed by atoms with Gasteiger partial charge < -0.3 is 9.47 Å². The molecule has 0 amide bonds. The van der Waals surface area contributed by atoms with Gasteiger partial charge in [-0.2, -0.15) is 0 Å². The molecule has 0 N–H and O–H groups in total. The van der Waals surface area contributed by atoms with E-state index in [0.717, 1.165) is 19.4 Å². The molecule has 1 rings (SSSR count). The normalized spacial score (nSPS) is 23.9. The maximum atomic E-state index is 5.33. The van der Waals surface area contributed by atoms with Crippen molar-refractivity contribution < 1.29 is 9.47 Å². The lowest BCUT2D eigenvalue weighted by molar-refractivity contribution is -0.154. The summed E-state index contributed by atoms with van der Waals surface area (Å²) >= 11 is 2.00. The summed E-state index contributed by atoms with van der Waals surface area (Å²) in [6.45, 7) is 1.33. The lowest BCUT2D eigenvalue weighted by Crippen LogP contribution is -2.22. The van der Waals surface area contributed by atoms with Crippen molar-refractivity contribution in [1.82, 2.24) is 0 Å². The predicted octanol–water partition coefficient (Wildman–Crippen LogP) is 1.93. The standard InChI is InChI=1S/C8H11IO2/c9-5-3-7-11-8-4-1-2-6-10-8/h8H,1-2,4,6-7H2. The van der Waals surface area contributed by atoms with Gasteiger partial charge in [0.15, 0.2) is 6.29 Å². The van der Waals surface area contributed by atoms with Crippen molar-refractivity contribution in [2.75, 3.05) is 13.2 Å². The number of rotatable bonds is 2. The molecule has 62 valence electrons. The first-order valence-corrected chi connectivity index (χ1v) is 4.83. The lowest BCUT2D eigenvalue weighted by Gasteiger charge is -2.21. The molecule has 0 spiro atoms. The van der Waals surface area contributed by atoms with Crippen LogP contribution in [0.2, 0.25) is 0 Å². The fraction of sp³-hybridized carbons (Fsp3) is 0.750. The molecule has 1 saturated heterocycles. The Morgan fingerprint density at radius 1 is 1.55 bits per heavy atom. The Morgan fingerprint density at radius 2 is 2.45 bits per heavy atom. The molecule has 0 aliphatic carbocycles. The molecule has 1 atom stereocenters. The summed E-state index contributed by atoms with van der Waals surface area (Å²) in [6, 6.07) is 0. The van der Waals surface area contributed by atoms with Gasteiger partial charge in [-0.25, -0.2) is 0 Å². The molecule has 1 aliphatic heterocycles. The van der Waals surface area contributed by atoms with Crippen LogP contribution in [0.25, 0.3) is 0 Å². The largest absolute Gasteiger partial charge is 0.353 e. The van der Waals surface area contributed by atoms with Gasteiger partial charge in [-0.15, -0.1) is 0 Å². The second-order valence-electron chi connectivity index (χ2n) is 2.38. The molecule has 3 heteroatoms. The summed E-state index contributed by atoms with van der Waals surface area (Å²) in [5, 5.41) is 0. The average Bonchev–Trinajstić information content (AvgIpc) is 2.07. The molecule has 1 heterocycles. The topological polar surface area (TPSA) is 18.5 Å². The van der Waals surface area contributed by atoms with Gasteiger partial charge in [-0.3, -0.25) is 0 Å². The molecule has 0 saturated carbocycles. The van der Waals surface area contributed by atoms with Crippen LogP contribution in [0.1, 0.15) is 19.3 Å². The minimum Gasteiger partial charge on any atom is -0.353 e. The van der Waals surface area contributed by atoms with Crippen molar-refractivity contribution in [2.45, 2.75) is 25.6 Å². The Bertz CT molecular complexity index is 153. The number of hydrogen-bond acceptors (Lipinski definition) is 2. The zero-order valence-electron chi connectivity index (χ0n) is 6.31. The minimum absolute atomic E-state index is 0.000926. The van der Waals surface area contributed by atoms with Gasteiger partial charge in [0.05, 0.1) is 0 Å². The second kappa shape index (κ2) is 5.81. The van der Waals surface area contributed by atoms with E-state index < -0.39 is 0 Å². The molecule has 1 unspecified atom stereocenters. The smallest absolute Gasteiger partial charge is 0.158 e. The Morgan fingerprint density at radius 3 is 3.09 bits per heavy atom. The highest BCUT2D eigenvalue weighted by atomic mass is 127. The van der Waals surface area contributed by atoms with E-state index in [1.807, 2.05) is 22.6 Å². The van der Waals surface area contributed by atoms with Gasteiger partial charge >= 0.3 is 0 Å². The fourth-order valence-electron chi connectivity index (χ4n) is 1.00. The molecular formula is C8H11IO2. The summed E-state index contributed by atoms with van der Waals surface area (Å²) in [6.07, 6.45) is 3.39. The summed E-state index contributed by atoms with van der Waals surface area (Å²) in [5.74, 6) is 2.83. The quantitative estimate of drug-likeness (QED) is 0.561. The molecule has 1 fully saturated rings. The third kappa shape index (κ3) is 3.94. The van der Waals surface area contributed by atoms with Crippen LogP contribution < -0.4 is 0 Å². The van der Waals surface area contributed by atoms with Crippen LogP contribution in [0.5, 0.6) is 0 Å². The monoisotopic (exact) mass is 266 g/mol. The van der Waals surface area contributed by atoms with Gasteiger partial charge in [0, 0.05) is 29.2 Å². The van der Waals surface area contributed by atoms with Crippen LogP contribution in [0.15, 0.2) is 0 Å². The molecule has 0 radical (unpaired) electrons. The predicted molar refractivity (Wildman–Crippen MR) is 51.3 cm³/mol. The first-order valence-electron chi connectivity index (χ1n) is 3.75. The first-order chi connectivity index (χ1) is 5.43. The van der Waals surface area contributed by atoms with E-state index in [0.29, 0.717) is 6.61 Å². The van der Waals surface area contributed by atoms with E-state index >= 15 is 0 Å². The van der Waals surface area contributed by atoms with Crippen molar-refractivity contribution in [3.63, 3.8) is 0 Å². The van der Waals surface area contributed by atoms with Crippen LogP contribution in [-0.4, -0.2) is 19.5 Å². The third-order valence-corrected chi connectivity index (χ3v) is 1.93. The molecule has 0 bridgehead atoms. The minimum atomic E-state index is 0.000926. The molecular weight excluding hydrogens is 255 g/mol. The Balaban J connectivity index is 2.08. The summed E-state index contributed by atoms with van der Waals surface area (Å²) in [4.78, 5) is 0. The van der Waals surface area contributed by atoms with E-state index in [1.54, 1.807) is 0 Å². The van der Waals surface area contributed by atoms with Crippen LogP contribution in [0, 0.1) is 9.85 Å². The summed E-state index contributed by atoms with van der Waals surface area (Å²) < 4.78 is 13.4. The number of halogens is 1. The van der Waals surface area contributed by atoms with Gasteiger partial charge in [0.2, 0.25) is 0 Å². The Hall–Kier alpha value is 0.210. The van der Waals surface area contributed by atoms with E-state index in [1.165, 1.54) is 6.42 Å². The Kier molecular flexibility index (Phi) is 4.91. The van der Waals surface area contributed by atoms with Crippen molar-refractivity contribution in [2.24, 2.45) is 0 Å². The summed E-state index contributed by atoms with van der Waals surface area (Å²) in [7, 11) is 0. The van der Waals surface area contributed by atoms with Gasteiger partial charge in [-0.05, 0) is 23.2 Å². The highest BCUT2D eigenvalue weighted by Gasteiger charge is 2.12. The first kappa shape index (κ1) is 9.30. The molecule has 11 heavy (non-hydrogen) atoms.